The molecule has 0 fully saturated rings. The summed E-state index contributed by atoms with van der Waals surface area (Å²) in [6.45, 7) is 1.89. The van der Waals surface area contributed by atoms with Crippen molar-refractivity contribution in [2.75, 3.05) is 6.54 Å². The summed E-state index contributed by atoms with van der Waals surface area (Å²) in [5.41, 5.74) is -0.252. The van der Waals surface area contributed by atoms with Crippen molar-refractivity contribution in [3.8, 4) is 12.3 Å². The number of carbonyl (C=O) groups excluding carboxylic acids is 1. The lowest BCUT2D eigenvalue weighted by Gasteiger charge is -2.14. The fraction of sp³-hybridized carbons (Fsp3) is 0.357. The van der Waals surface area contributed by atoms with E-state index in [0.717, 1.165) is 12.1 Å². The minimum Gasteiger partial charge on any atom is -0.344 e. The van der Waals surface area contributed by atoms with E-state index in [2.05, 4.69) is 16.6 Å². The van der Waals surface area contributed by atoms with E-state index in [9.17, 15) is 18.0 Å². The fourth-order valence-electron chi connectivity index (χ4n) is 1.51. The molecule has 3 nitrogen and oxygen atoms in total. The zero-order chi connectivity index (χ0) is 15.2. The highest BCUT2D eigenvalue weighted by atomic mass is 19.4. The van der Waals surface area contributed by atoms with Crippen LogP contribution in [-0.2, 0) is 17.5 Å². The highest BCUT2D eigenvalue weighted by molar-refractivity contribution is 5.81. The van der Waals surface area contributed by atoms with E-state index in [0.29, 0.717) is 5.56 Å². The topological polar surface area (TPSA) is 41.1 Å². The molecule has 1 rings (SSSR count). The van der Waals surface area contributed by atoms with Crippen molar-refractivity contribution < 1.29 is 18.0 Å². The summed E-state index contributed by atoms with van der Waals surface area (Å²) in [7, 11) is 0. The van der Waals surface area contributed by atoms with Crippen LogP contribution in [0.15, 0.2) is 24.3 Å². The molecule has 0 radical (unpaired) electrons. The Balaban J connectivity index is 2.58. The minimum absolute atomic E-state index is 0.119. The number of benzene rings is 1. The number of amides is 1. The van der Waals surface area contributed by atoms with Crippen LogP contribution in [0, 0.1) is 12.3 Å². The van der Waals surface area contributed by atoms with E-state index >= 15 is 0 Å². The van der Waals surface area contributed by atoms with Gasteiger partial charge in [0.1, 0.15) is 0 Å². The number of nitrogens with one attached hydrogen (secondary N) is 2. The van der Waals surface area contributed by atoms with Crippen molar-refractivity contribution >= 4 is 5.91 Å². The second-order valence-corrected chi connectivity index (χ2v) is 4.22. The van der Waals surface area contributed by atoms with Crippen LogP contribution in [0.3, 0.4) is 0 Å². The van der Waals surface area contributed by atoms with Crippen molar-refractivity contribution in [1.82, 2.24) is 10.6 Å². The van der Waals surface area contributed by atoms with Gasteiger partial charge in [0, 0.05) is 6.54 Å². The molecule has 0 aromatic heterocycles. The normalized spacial score (nSPS) is 12.6. The van der Waals surface area contributed by atoms with Gasteiger partial charge in [-0.15, -0.1) is 6.42 Å². The lowest BCUT2D eigenvalue weighted by atomic mass is 10.1. The standard InChI is InChI=1S/C14H15F3N2O/c1-3-7-18-13(20)10(2)19-9-11-5-4-6-12(8-11)14(15,16)17/h1,4-6,8,10,19H,7,9H2,2H3,(H,18,20). The Morgan fingerprint density at radius 2 is 2.15 bits per heavy atom. The molecule has 6 heteroatoms. The average molecular weight is 284 g/mol. The number of alkyl halides is 3. The Labute approximate surface area is 115 Å². The maximum Gasteiger partial charge on any atom is 0.416 e. The van der Waals surface area contributed by atoms with E-state index < -0.39 is 17.8 Å². The van der Waals surface area contributed by atoms with Crippen molar-refractivity contribution in [3.05, 3.63) is 35.4 Å². The van der Waals surface area contributed by atoms with Gasteiger partial charge in [-0.2, -0.15) is 13.2 Å². The summed E-state index contributed by atoms with van der Waals surface area (Å²) < 4.78 is 37.6. The molecule has 1 unspecified atom stereocenters. The first-order valence-corrected chi connectivity index (χ1v) is 5.95. The zero-order valence-corrected chi connectivity index (χ0v) is 10.9. The second-order valence-electron chi connectivity index (χ2n) is 4.22. The van der Waals surface area contributed by atoms with Gasteiger partial charge in [-0.1, -0.05) is 24.1 Å². The number of carbonyl (C=O) groups is 1. The molecule has 108 valence electrons. The van der Waals surface area contributed by atoms with Gasteiger partial charge < -0.3 is 10.6 Å². The van der Waals surface area contributed by atoms with Crippen LogP contribution in [0.1, 0.15) is 18.1 Å². The Hall–Kier alpha value is -2.00. The summed E-state index contributed by atoms with van der Waals surface area (Å²) >= 11 is 0. The first-order valence-electron chi connectivity index (χ1n) is 5.95. The first-order chi connectivity index (χ1) is 9.34. The van der Waals surface area contributed by atoms with Gasteiger partial charge in [0.15, 0.2) is 0 Å². The average Bonchev–Trinajstić information content (AvgIpc) is 2.41. The predicted octanol–water partition coefficient (Wildman–Crippen LogP) is 1.93. The molecule has 0 aliphatic carbocycles. The van der Waals surface area contributed by atoms with Gasteiger partial charge in [0.25, 0.3) is 0 Å². The fourth-order valence-corrected chi connectivity index (χ4v) is 1.51. The Kier molecular flexibility index (Phi) is 5.59. The van der Waals surface area contributed by atoms with Gasteiger partial charge in [-0.3, -0.25) is 4.79 Å². The maximum absolute atomic E-state index is 12.5. The van der Waals surface area contributed by atoms with Gasteiger partial charge in [0.2, 0.25) is 5.91 Å². The van der Waals surface area contributed by atoms with Crippen LogP contribution in [0.5, 0.6) is 0 Å². The highest BCUT2D eigenvalue weighted by Gasteiger charge is 2.30. The summed E-state index contributed by atoms with van der Waals surface area (Å²) in [6.07, 6.45) is 0.638. The van der Waals surface area contributed by atoms with Crippen molar-refractivity contribution in [3.63, 3.8) is 0 Å². The summed E-state index contributed by atoms with van der Waals surface area (Å²) in [4.78, 5) is 11.5. The van der Waals surface area contributed by atoms with E-state index in [1.54, 1.807) is 13.0 Å². The molecule has 0 saturated heterocycles. The molecule has 1 amide bonds. The summed E-state index contributed by atoms with van der Waals surface area (Å²) in [5, 5.41) is 5.32. The molecule has 20 heavy (non-hydrogen) atoms. The SMILES string of the molecule is C#CCNC(=O)C(C)NCc1cccc(C(F)(F)F)c1. The smallest absolute Gasteiger partial charge is 0.344 e. The molecular formula is C14H15F3N2O. The van der Waals surface area contributed by atoms with Crippen molar-refractivity contribution in [2.24, 2.45) is 0 Å². The van der Waals surface area contributed by atoms with Crippen LogP contribution >= 0.6 is 0 Å². The maximum atomic E-state index is 12.5. The summed E-state index contributed by atoms with van der Waals surface area (Å²) in [6, 6.07) is 4.42. The monoisotopic (exact) mass is 284 g/mol. The van der Waals surface area contributed by atoms with Gasteiger partial charge >= 0.3 is 6.18 Å². The molecule has 0 saturated carbocycles. The van der Waals surface area contributed by atoms with Gasteiger partial charge in [-0.05, 0) is 18.6 Å². The van der Waals surface area contributed by atoms with Gasteiger partial charge in [-0.25, -0.2) is 0 Å². The molecule has 1 aromatic rings. The number of terminal acetylenes is 1. The van der Waals surface area contributed by atoms with Crippen LogP contribution in [-0.4, -0.2) is 18.5 Å². The Bertz CT molecular complexity index is 506. The molecule has 0 aliphatic heterocycles. The molecule has 2 N–H and O–H groups in total. The largest absolute Gasteiger partial charge is 0.416 e. The van der Waals surface area contributed by atoms with Crippen molar-refractivity contribution in [1.29, 1.82) is 0 Å². The number of hydrogen-bond donors (Lipinski definition) is 2. The lowest BCUT2D eigenvalue weighted by Crippen LogP contribution is -2.41. The first kappa shape index (κ1) is 16.1. The molecule has 0 spiro atoms. The quantitative estimate of drug-likeness (QED) is 0.811. The van der Waals surface area contributed by atoms with Crippen molar-refractivity contribution in [2.45, 2.75) is 25.7 Å². The molecule has 1 aromatic carbocycles. The van der Waals surface area contributed by atoms with Gasteiger partial charge in [0.05, 0.1) is 18.2 Å². The predicted molar refractivity (Wildman–Crippen MR) is 69.6 cm³/mol. The zero-order valence-electron chi connectivity index (χ0n) is 10.9. The van der Waals surface area contributed by atoms with E-state index in [4.69, 9.17) is 6.42 Å². The molecule has 0 aliphatic rings. The molecular weight excluding hydrogens is 269 g/mol. The van der Waals surface area contributed by atoms with Crippen LogP contribution in [0.4, 0.5) is 13.2 Å². The highest BCUT2D eigenvalue weighted by Crippen LogP contribution is 2.29. The van der Waals surface area contributed by atoms with Crippen LogP contribution in [0.2, 0.25) is 0 Å². The lowest BCUT2D eigenvalue weighted by molar-refractivity contribution is -0.137. The summed E-state index contributed by atoms with van der Waals surface area (Å²) in [5.74, 6) is 1.97. The van der Waals surface area contributed by atoms with E-state index in [-0.39, 0.29) is 19.0 Å². The molecule has 0 heterocycles. The molecule has 1 atom stereocenters. The third-order valence-electron chi connectivity index (χ3n) is 2.62. The van der Waals surface area contributed by atoms with E-state index in [1.165, 1.54) is 6.07 Å². The number of halogens is 3. The molecule has 0 bridgehead atoms. The van der Waals surface area contributed by atoms with Crippen LogP contribution in [0.25, 0.3) is 0 Å². The van der Waals surface area contributed by atoms with E-state index in [1.807, 2.05) is 0 Å². The number of rotatable bonds is 5. The number of hydrogen-bond acceptors (Lipinski definition) is 2. The third kappa shape index (κ3) is 4.94. The minimum atomic E-state index is -4.37. The Morgan fingerprint density at radius 3 is 2.75 bits per heavy atom. The van der Waals surface area contributed by atoms with Crippen LogP contribution < -0.4 is 10.6 Å². The third-order valence-corrected chi connectivity index (χ3v) is 2.62. The Morgan fingerprint density at radius 1 is 1.45 bits per heavy atom. The second kappa shape index (κ2) is 6.96.